The predicted octanol–water partition coefficient (Wildman–Crippen LogP) is 4.56. The molecule has 2 N–H and O–H groups in total. The van der Waals surface area contributed by atoms with Crippen LogP contribution in [0, 0.1) is 0 Å². The second-order valence-corrected chi connectivity index (χ2v) is 7.02. The molecule has 1 amide bonds. The predicted molar refractivity (Wildman–Crippen MR) is 114 cm³/mol. The summed E-state index contributed by atoms with van der Waals surface area (Å²) in [6.45, 7) is 4.01. The van der Waals surface area contributed by atoms with Gasteiger partial charge in [0, 0.05) is 23.8 Å². The fraction of sp³-hybridized carbons (Fsp3) is 0.208. The third-order valence-electron chi connectivity index (χ3n) is 4.93. The van der Waals surface area contributed by atoms with Gasteiger partial charge in [-0.25, -0.2) is 0 Å². The Balaban J connectivity index is 1.33. The number of hydrogen-bond donors (Lipinski definition) is 2. The first-order chi connectivity index (χ1) is 14.2. The van der Waals surface area contributed by atoms with E-state index < -0.39 is 0 Å². The van der Waals surface area contributed by atoms with Gasteiger partial charge in [-0.2, -0.15) is 0 Å². The van der Waals surface area contributed by atoms with Crippen molar-refractivity contribution in [1.29, 1.82) is 0 Å². The number of fused-ring (bicyclic) bond motifs is 1. The molecule has 1 aliphatic rings. The first kappa shape index (κ1) is 19.0. The maximum absolute atomic E-state index is 12.3. The summed E-state index contributed by atoms with van der Waals surface area (Å²) in [6.07, 6.45) is 0. The lowest BCUT2D eigenvalue weighted by molar-refractivity contribution is 0.102. The first-order valence-electron chi connectivity index (χ1n) is 9.77. The van der Waals surface area contributed by atoms with Gasteiger partial charge in [-0.1, -0.05) is 36.4 Å². The van der Waals surface area contributed by atoms with Gasteiger partial charge in [0.25, 0.3) is 5.91 Å². The monoisotopic (exact) mass is 388 g/mol. The lowest BCUT2D eigenvalue weighted by Crippen LogP contribution is -2.19. The number of ether oxygens (including phenoxy) is 2. The molecule has 3 aromatic carbocycles. The molecule has 1 atom stereocenters. The molecule has 1 heterocycles. The van der Waals surface area contributed by atoms with E-state index >= 15 is 0 Å². The number of carbonyl (C=O) groups excluding carboxylic acids is 1. The third-order valence-corrected chi connectivity index (χ3v) is 4.93. The Labute approximate surface area is 170 Å². The second-order valence-electron chi connectivity index (χ2n) is 7.02. The van der Waals surface area contributed by atoms with Crippen LogP contribution in [0.4, 0.5) is 5.69 Å². The van der Waals surface area contributed by atoms with Crippen molar-refractivity contribution in [3.05, 3.63) is 89.5 Å². The smallest absolute Gasteiger partial charge is 0.255 e. The van der Waals surface area contributed by atoms with Gasteiger partial charge < -0.3 is 20.1 Å². The molecule has 29 heavy (non-hydrogen) atoms. The van der Waals surface area contributed by atoms with Crippen molar-refractivity contribution < 1.29 is 14.3 Å². The summed E-state index contributed by atoms with van der Waals surface area (Å²) in [5.41, 5.74) is 3.69. The molecule has 4 rings (SSSR count). The Hall–Kier alpha value is -3.31. The third kappa shape index (κ3) is 4.76. The fourth-order valence-electron chi connectivity index (χ4n) is 3.22. The van der Waals surface area contributed by atoms with Crippen LogP contribution in [0.2, 0.25) is 0 Å². The maximum atomic E-state index is 12.3. The van der Waals surface area contributed by atoms with Gasteiger partial charge in [0.15, 0.2) is 11.5 Å². The Kier molecular flexibility index (Phi) is 5.77. The van der Waals surface area contributed by atoms with Crippen LogP contribution in [0.5, 0.6) is 11.5 Å². The van der Waals surface area contributed by atoms with E-state index in [0.29, 0.717) is 25.3 Å². The van der Waals surface area contributed by atoms with Crippen LogP contribution in [-0.4, -0.2) is 19.1 Å². The van der Waals surface area contributed by atoms with E-state index in [2.05, 4.69) is 23.6 Å². The van der Waals surface area contributed by atoms with Crippen LogP contribution >= 0.6 is 0 Å². The quantitative estimate of drug-likeness (QED) is 0.650. The van der Waals surface area contributed by atoms with E-state index in [-0.39, 0.29) is 11.9 Å². The zero-order valence-corrected chi connectivity index (χ0v) is 16.4. The van der Waals surface area contributed by atoms with Crippen molar-refractivity contribution in [2.45, 2.75) is 19.5 Å². The summed E-state index contributed by atoms with van der Waals surface area (Å²) in [5.74, 6) is 1.49. The number of carbonyl (C=O) groups is 1. The maximum Gasteiger partial charge on any atom is 0.255 e. The summed E-state index contributed by atoms with van der Waals surface area (Å²) < 4.78 is 11.2. The molecule has 5 nitrogen and oxygen atoms in total. The highest BCUT2D eigenvalue weighted by atomic mass is 16.6. The molecule has 0 bridgehead atoms. The molecule has 148 valence electrons. The standard InChI is InChI=1S/C24H24N2O3/c1-17(20-11-12-22-23(15-20)29-14-13-28-22)25-16-18-7-9-19(10-8-18)24(27)26-21-5-3-2-4-6-21/h2-12,15,17,25H,13-14,16H2,1H3,(H,26,27)/t17-/m1/s1. The summed E-state index contributed by atoms with van der Waals surface area (Å²) in [4.78, 5) is 12.3. The zero-order chi connectivity index (χ0) is 20.1. The van der Waals surface area contributed by atoms with Crippen molar-refractivity contribution in [1.82, 2.24) is 5.32 Å². The van der Waals surface area contributed by atoms with E-state index in [1.54, 1.807) is 0 Å². The summed E-state index contributed by atoms with van der Waals surface area (Å²) in [6, 6.07) is 23.3. The summed E-state index contributed by atoms with van der Waals surface area (Å²) in [5, 5.41) is 6.41. The van der Waals surface area contributed by atoms with Gasteiger partial charge in [-0.05, 0) is 54.4 Å². The lowest BCUT2D eigenvalue weighted by Gasteiger charge is -2.21. The molecular weight excluding hydrogens is 364 g/mol. The molecule has 0 fully saturated rings. The number of para-hydroxylation sites is 1. The molecule has 3 aromatic rings. The van der Waals surface area contributed by atoms with Crippen molar-refractivity contribution >= 4 is 11.6 Å². The number of amides is 1. The average Bonchev–Trinajstić information content (AvgIpc) is 2.78. The fourth-order valence-corrected chi connectivity index (χ4v) is 3.22. The van der Waals surface area contributed by atoms with Crippen molar-refractivity contribution in [2.75, 3.05) is 18.5 Å². The minimum absolute atomic E-state index is 0.111. The van der Waals surface area contributed by atoms with E-state index in [1.165, 1.54) is 0 Å². The molecule has 0 radical (unpaired) electrons. The summed E-state index contributed by atoms with van der Waals surface area (Å²) in [7, 11) is 0. The molecule has 0 unspecified atom stereocenters. The van der Waals surface area contributed by atoms with Crippen molar-refractivity contribution in [3.63, 3.8) is 0 Å². The number of anilines is 1. The molecule has 1 aliphatic heterocycles. The largest absolute Gasteiger partial charge is 0.486 e. The molecule has 0 saturated heterocycles. The number of benzene rings is 3. The molecule has 0 saturated carbocycles. The molecule has 0 aliphatic carbocycles. The van der Waals surface area contributed by atoms with Crippen molar-refractivity contribution in [3.8, 4) is 11.5 Å². The van der Waals surface area contributed by atoms with Crippen molar-refractivity contribution in [2.24, 2.45) is 0 Å². The normalized spacial score (nSPS) is 13.6. The second kappa shape index (κ2) is 8.80. The van der Waals surface area contributed by atoms with E-state index in [0.717, 1.165) is 28.3 Å². The van der Waals surface area contributed by atoms with Gasteiger partial charge >= 0.3 is 0 Å². The highest BCUT2D eigenvalue weighted by Crippen LogP contribution is 2.32. The minimum Gasteiger partial charge on any atom is -0.486 e. The van der Waals surface area contributed by atoms with Crippen LogP contribution in [0.1, 0.15) is 34.5 Å². The molecule has 5 heteroatoms. The van der Waals surface area contributed by atoms with E-state index in [4.69, 9.17) is 9.47 Å². The Morgan fingerprint density at radius 3 is 2.41 bits per heavy atom. The average molecular weight is 388 g/mol. The van der Waals surface area contributed by atoms with Gasteiger partial charge in [0.05, 0.1) is 0 Å². The lowest BCUT2D eigenvalue weighted by atomic mass is 10.1. The highest BCUT2D eigenvalue weighted by molar-refractivity contribution is 6.04. The first-order valence-corrected chi connectivity index (χ1v) is 9.77. The molecule has 0 spiro atoms. The van der Waals surface area contributed by atoms with Crippen LogP contribution in [-0.2, 0) is 6.54 Å². The molecule has 0 aromatic heterocycles. The van der Waals surface area contributed by atoms with Gasteiger partial charge in [-0.15, -0.1) is 0 Å². The minimum atomic E-state index is -0.111. The Morgan fingerprint density at radius 1 is 0.931 bits per heavy atom. The van der Waals surface area contributed by atoms with Crippen LogP contribution < -0.4 is 20.1 Å². The topological polar surface area (TPSA) is 59.6 Å². The molecular formula is C24H24N2O3. The summed E-state index contributed by atoms with van der Waals surface area (Å²) >= 11 is 0. The van der Waals surface area contributed by atoms with Gasteiger partial charge in [0.2, 0.25) is 0 Å². The van der Waals surface area contributed by atoms with Gasteiger partial charge in [-0.3, -0.25) is 4.79 Å². The zero-order valence-electron chi connectivity index (χ0n) is 16.4. The Bertz CT molecular complexity index is 971. The SMILES string of the molecule is C[C@@H](NCc1ccc(C(=O)Nc2ccccc2)cc1)c1ccc2c(c1)OCCO2. The van der Waals surface area contributed by atoms with Crippen LogP contribution in [0.3, 0.4) is 0 Å². The Morgan fingerprint density at radius 2 is 1.66 bits per heavy atom. The van der Waals surface area contributed by atoms with E-state index in [9.17, 15) is 4.79 Å². The number of hydrogen-bond acceptors (Lipinski definition) is 4. The highest BCUT2D eigenvalue weighted by Gasteiger charge is 2.14. The van der Waals surface area contributed by atoms with Crippen LogP contribution in [0.15, 0.2) is 72.8 Å². The number of nitrogens with one attached hydrogen (secondary N) is 2. The van der Waals surface area contributed by atoms with Gasteiger partial charge in [0.1, 0.15) is 13.2 Å². The number of rotatable bonds is 6. The van der Waals surface area contributed by atoms with Crippen LogP contribution in [0.25, 0.3) is 0 Å². The van der Waals surface area contributed by atoms with E-state index in [1.807, 2.05) is 66.7 Å².